The molecule has 1 aromatic carbocycles. The van der Waals surface area contributed by atoms with Crippen LogP contribution in [0, 0.1) is 11.8 Å². The van der Waals surface area contributed by atoms with Crippen LogP contribution < -0.4 is 17.2 Å². The molecule has 32 heavy (non-hydrogen) atoms. The van der Waals surface area contributed by atoms with Gasteiger partial charge in [0.15, 0.2) is 17.1 Å². The molecule has 0 aliphatic heterocycles. The van der Waals surface area contributed by atoms with Crippen molar-refractivity contribution in [1.82, 2.24) is 0 Å². The molecule has 1 aromatic rings. The number of aromatic hydroxyl groups is 1. The minimum atomic E-state index is -2.76. The van der Waals surface area contributed by atoms with E-state index < -0.39 is 86.6 Å². The molecule has 1 amide bonds. The van der Waals surface area contributed by atoms with Crippen molar-refractivity contribution in [2.24, 2.45) is 17.6 Å². The topological polar surface area (TPSA) is 230 Å². The number of carbonyl (C=O) groups is 3. The van der Waals surface area contributed by atoms with Crippen molar-refractivity contribution < 1.29 is 39.9 Å². The van der Waals surface area contributed by atoms with E-state index in [0.717, 1.165) is 0 Å². The highest BCUT2D eigenvalue weighted by Gasteiger charge is 2.63. The third kappa shape index (κ3) is 2.35. The van der Waals surface area contributed by atoms with Crippen molar-refractivity contribution in [1.29, 1.82) is 0 Å². The number of nitrogen functional groups attached to an aromatic ring is 2. The van der Waals surface area contributed by atoms with Crippen molar-refractivity contribution in [2.75, 3.05) is 11.5 Å². The predicted molar refractivity (Wildman–Crippen MR) is 111 cm³/mol. The Kier molecular flexibility index (Phi) is 4.37. The summed E-state index contributed by atoms with van der Waals surface area (Å²) >= 11 is 6.06. The van der Waals surface area contributed by atoms with Crippen LogP contribution in [0.25, 0.3) is 5.76 Å². The monoisotopic (exact) mass is 465 g/mol. The number of anilines is 2. The Morgan fingerprint density at radius 2 is 1.72 bits per heavy atom. The van der Waals surface area contributed by atoms with E-state index in [2.05, 4.69) is 0 Å². The SMILES string of the molecule is C[C@@]1(O)c2c(N)c(Cl)c(N)c(O)c2C(O)=C2C(=O)[C@]3(O)C(O)=C(C(N)=O)C(=O)C[C@@H]3C[C@@H]21. The largest absolute Gasteiger partial charge is 0.508 e. The van der Waals surface area contributed by atoms with Gasteiger partial charge < -0.3 is 42.7 Å². The average molecular weight is 466 g/mol. The zero-order valence-corrected chi connectivity index (χ0v) is 17.4. The summed E-state index contributed by atoms with van der Waals surface area (Å²) in [7, 11) is 0. The maximum Gasteiger partial charge on any atom is 0.255 e. The fourth-order valence-corrected chi connectivity index (χ4v) is 5.34. The fraction of sp³-hybridized carbons (Fsp3) is 0.350. The Balaban J connectivity index is 2.06. The Morgan fingerprint density at radius 3 is 2.28 bits per heavy atom. The molecular weight excluding hydrogens is 446 g/mol. The minimum absolute atomic E-state index is 0.182. The summed E-state index contributed by atoms with van der Waals surface area (Å²) in [4.78, 5) is 37.5. The summed E-state index contributed by atoms with van der Waals surface area (Å²) in [5, 5.41) is 54.3. The number of fused-ring (bicyclic) bond motifs is 3. The Morgan fingerprint density at radius 1 is 1.12 bits per heavy atom. The van der Waals surface area contributed by atoms with Crippen LogP contribution >= 0.6 is 11.6 Å². The van der Waals surface area contributed by atoms with E-state index in [9.17, 15) is 39.9 Å². The molecule has 4 rings (SSSR count). The molecule has 1 fully saturated rings. The van der Waals surface area contributed by atoms with Crippen LogP contribution in [-0.2, 0) is 20.0 Å². The van der Waals surface area contributed by atoms with Crippen LogP contribution in [0.5, 0.6) is 5.75 Å². The van der Waals surface area contributed by atoms with Crippen LogP contribution in [-0.4, -0.2) is 48.6 Å². The standard InChI is InChI=1S/C20H20ClN3O8/c1-19(31)5-2-4-3-6(25)8(18(24)30)17(29)20(4,32)16(28)7(5)14(26)9-10(19)12(22)11(21)13(23)15(9)27/h4-5,26-27,29,31-32H,2-3,22-23H2,1H3,(H2,24,30)/t4-,5-,19-,20-/m0/s1. The maximum absolute atomic E-state index is 13.5. The number of Topliss-reactive ketones (excluding diaryl/α,β-unsaturated/α-hetero) is 2. The van der Waals surface area contributed by atoms with Gasteiger partial charge in [-0.1, -0.05) is 11.6 Å². The quantitative estimate of drug-likeness (QED) is 0.119. The summed E-state index contributed by atoms with van der Waals surface area (Å²) in [5.41, 5.74) is 9.37. The van der Waals surface area contributed by atoms with Gasteiger partial charge in [-0.05, 0) is 13.3 Å². The second kappa shape index (κ2) is 6.37. The van der Waals surface area contributed by atoms with Crippen LogP contribution in [0.4, 0.5) is 11.4 Å². The predicted octanol–water partition coefficient (Wildman–Crippen LogP) is -0.0933. The molecule has 0 unspecified atom stereocenters. The van der Waals surface area contributed by atoms with E-state index in [1.807, 2.05) is 0 Å². The number of rotatable bonds is 1. The van der Waals surface area contributed by atoms with Crippen LogP contribution in [0.1, 0.15) is 30.9 Å². The number of primary amides is 1. The lowest BCUT2D eigenvalue weighted by Crippen LogP contribution is -2.60. The molecule has 0 heterocycles. The summed E-state index contributed by atoms with van der Waals surface area (Å²) in [5.74, 6) is -8.76. The molecular formula is C20H20ClN3O8. The smallest absolute Gasteiger partial charge is 0.255 e. The van der Waals surface area contributed by atoms with Crippen molar-refractivity contribution in [3.63, 3.8) is 0 Å². The van der Waals surface area contributed by atoms with Gasteiger partial charge in [-0.3, -0.25) is 14.4 Å². The highest BCUT2D eigenvalue weighted by Crippen LogP contribution is 2.59. The van der Waals surface area contributed by atoms with Crippen LogP contribution in [0.2, 0.25) is 5.02 Å². The number of amides is 1. The van der Waals surface area contributed by atoms with E-state index in [-0.39, 0.29) is 22.7 Å². The van der Waals surface area contributed by atoms with E-state index >= 15 is 0 Å². The van der Waals surface area contributed by atoms with Crippen LogP contribution in [0.3, 0.4) is 0 Å². The van der Waals surface area contributed by atoms with E-state index in [1.54, 1.807) is 0 Å². The first kappa shape index (κ1) is 21.9. The summed E-state index contributed by atoms with van der Waals surface area (Å²) in [6.07, 6.45) is -0.806. The van der Waals surface area contributed by atoms with E-state index in [1.165, 1.54) is 6.92 Å². The van der Waals surface area contributed by atoms with Crippen molar-refractivity contribution in [2.45, 2.75) is 31.0 Å². The summed E-state index contributed by atoms with van der Waals surface area (Å²) in [6, 6.07) is 0. The van der Waals surface area contributed by atoms with Gasteiger partial charge in [-0.15, -0.1) is 0 Å². The third-order valence-electron chi connectivity index (χ3n) is 6.77. The molecule has 0 radical (unpaired) electrons. The van der Waals surface area contributed by atoms with Gasteiger partial charge in [-0.2, -0.15) is 0 Å². The second-order valence-electron chi connectivity index (χ2n) is 8.45. The van der Waals surface area contributed by atoms with Gasteiger partial charge in [0.1, 0.15) is 17.1 Å². The second-order valence-corrected chi connectivity index (χ2v) is 8.82. The van der Waals surface area contributed by atoms with Gasteiger partial charge >= 0.3 is 0 Å². The van der Waals surface area contributed by atoms with Gasteiger partial charge in [0.25, 0.3) is 5.91 Å². The normalized spacial score (nSPS) is 31.9. The molecule has 12 heteroatoms. The Labute approximate surface area is 185 Å². The number of benzene rings is 1. The molecule has 11 nitrogen and oxygen atoms in total. The van der Waals surface area contributed by atoms with E-state index in [0.29, 0.717) is 0 Å². The number of hydrogen-bond acceptors (Lipinski definition) is 10. The van der Waals surface area contributed by atoms with Gasteiger partial charge in [-0.25, -0.2) is 0 Å². The molecule has 0 spiro atoms. The first-order valence-electron chi connectivity index (χ1n) is 9.48. The molecule has 4 atom stereocenters. The van der Waals surface area contributed by atoms with Crippen molar-refractivity contribution in [3.8, 4) is 5.75 Å². The minimum Gasteiger partial charge on any atom is -0.508 e. The molecule has 0 saturated heterocycles. The average Bonchev–Trinajstić information content (AvgIpc) is 2.69. The zero-order valence-electron chi connectivity index (χ0n) is 16.6. The number of carbonyl (C=O) groups excluding carboxylic acids is 3. The van der Waals surface area contributed by atoms with E-state index in [4.69, 9.17) is 28.8 Å². The highest BCUT2D eigenvalue weighted by atomic mass is 35.5. The number of hydrogen-bond donors (Lipinski definition) is 8. The molecule has 1 saturated carbocycles. The van der Waals surface area contributed by atoms with Gasteiger partial charge in [0, 0.05) is 29.4 Å². The number of aliphatic hydroxyl groups excluding tert-OH is 2. The number of ketones is 2. The first-order valence-corrected chi connectivity index (χ1v) is 9.86. The van der Waals surface area contributed by atoms with Gasteiger partial charge in [0.2, 0.25) is 5.78 Å². The summed E-state index contributed by atoms with van der Waals surface area (Å²) in [6.45, 7) is 1.26. The third-order valence-corrected chi connectivity index (χ3v) is 7.17. The molecule has 3 aliphatic rings. The first-order chi connectivity index (χ1) is 14.7. The molecule has 3 aliphatic carbocycles. The van der Waals surface area contributed by atoms with Crippen molar-refractivity contribution >= 4 is 46.2 Å². The highest BCUT2D eigenvalue weighted by molar-refractivity contribution is 6.36. The lowest BCUT2D eigenvalue weighted by Gasteiger charge is -2.50. The van der Waals surface area contributed by atoms with Crippen molar-refractivity contribution in [3.05, 3.63) is 33.1 Å². The number of aliphatic hydroxyl groups is 4. The number of nitrogens with two attached hydrogens (primary N) is 3. The molecule has 11 N–H and O–H groups in total. The molecule has 0 bridgehead atoms. The Bertz CT molecular complexity index is 1220. The molecule has 170 valence electrons. The fourth-order valence-electron chi connectivity index (χ4n) is 5.15. The zero-order chi connectivity index (χ0) is 24.1. The van der Waals surface area contributed by atoms with Crippen LogP contribution in [0.15, 0.2) is 16.9 Å². The lowest BCUT2D eigenvalue weighted by molar-refractivity contribution is -0.152. The number of phenols is 1. The Hall–Kier alpha value is -3.28. The summed E-state index contributed by atoms with van der Waals surface area (Å²) < 4.78 is 0. The lowest BCUT2D eigenvalue weighted by atomic mass is 9.55. The number of phenolic OH excluding ortho intramolecular Hbond substituents is 1. The molecule has 0 aromatic heterocycles. The van der Waals surface area contributed by atoms with Gasteiger partial charge in [0.05, 0.1) is 27.6 Å². The number of halogens is 1. The maximum atomic E-state index is 13.5.